The molecule has 0 unspecified atom stereocenters. The first-order valence-corrected chi connectivity index (χ1v) is 11.3. The topological polar surface area (TPSA) is 90.4 Å². The number of rotatable bonds is 5. The van der Waals surface area contributed by atoms with E-state index >= 15 is 0 Å². The highest BCUT2D eigenvalue weighted by Gasteiger charge is 2.38. The molecule has 1 saturated heterocycles. The van der Waals surface area contributed by atoms with Crippen molar-refractivity contribution in [1.82, 2.24) is 4.90 Å². The SMILES string of the molecule is Br.CC(C)(C)c1cc(C(=O)CN2C[C@H](CN)[C@@H](c3ccccc3)C2=N)cc(C(C)(C)C)c1O. The summed E-state index contributed by atoms with van der Waals surface area (Å²) in [6, 6.07) is 13.6. The fraction of sp³-hybridized carbons (Fsp3) is 0.481. The monoisotopic (exact) mass is 515 g/mol. The molecule has 33 heavy (non-hydrogen) atoms. The minimum atomic E-state index is -0.302. The maximum atomic E-state index is 13.4. The van der Waals surface area contributed by atoms with Gasteiger partial charge in [-0.25, -0.2) is 0 Å². The van der Waals surface area contributed by atoms with Gasteiger partial charge in [0.25, 0.3) is 0 Å². The summed E-state index contributed by atoms with van der Waals surface area (Å²) in [6.45, 7) is 13.4. The molecule has 0 bridgehead atoms. The number of hydrogen-bond acceptors (Lipinski definition) is 4. The van der Waals surface area contributed by atoms with Gasteiger partial charge in [0.05, 0.1) is 6.54 Å². The lowest BCUT2D eigenvalue weighted by Gasteiger charge is -2.28. The molecule has 0 spiro atoms. The van der Waals surface area contributed by atoms with E-state index in [9.17, 15) is 9.90 Å². The number of hydrogen-bond donors (Lipinski definition) is 3. The molecule has 1 fully saturated rings. The van der Waals surface area contributed by atoms with Crippen LogP contribution in [0.4, 0.5) is 0 Å². The number of aromatic hydroxyl groups is 1. The van der Waals surface area contributed by atoms with Crippen LogP contribution >= 0.6 is 17.0 Å². The van der Waals surface area contributed by atoms with Crippen molar-refractivity contribution in [1.29, 1.82) is 5.41 Å². The summed E-state index contributed by atoms with van der Waals surface area (Å²) in [5, 5.41) is 19.7. The molecule has 0 aromatic heterocycles. The third-order valence-corrected chi connectivity index (χ3v) is 6.41. The molecule has 6 heteroatoms. The van der Waals surface area contributed by atoms with E-state index in [0.29, 0.717) is 24.5 Å². The van der Waals surface area contributed by atoms with E-state index in [0.717, 1.165) is 16.7 Å². The number of likely N-dealkylation sites (tertiary alicyclic amines) is 1. The van der Waals surface area contributed by atoms with Crippen molar-refractivity contribution >= 4 is 28.6 Å². The number of carbonyl (C=O) groups excluding carboxylic acids is 1. The summed E-state index contributed by atoms with van der Waals surface area (Å²) in [5.74, 6) is 0.681. The maximum absolute atomic E-state index is 13.4. The number of nitrogens with two attached hydrogens (primary N) is 1. The molecule has 2 aromatic carbocycles. The van der Waals surface area contributed by atoms with E-state index < -0.39 is 0 Å². The zero-order chi connectivity index (χ0) is 23.8. The molecule has 180 valence electrons. The first-order chi connectivity index (χ1) is 14.8. The molecular weight excluding hydrogens is 478 g/mol. The van der Waals surface area contributed by atoms with Gasteiger partial charge < -0.3 is 15.7 Å². The number of amidine groups is 1. The molecule has 0 aliphatic carbocycles. The Kier molecular flexibility index (Phi) is 8.19. The summed E-state index contributed by atoms with van der Waals surface area (Å²) >= 11 is 0. The standard InChI is InChI=1S/C27H37N3O2.BrH/c1-26(2,3)20-12-18(13-21(24(20)32)27(4,5)6)22(31)16-30-15-19(14-28)23(25(30)29)17-10-8-7-9-11-17;/h7-13,19,23,29,32H,14-16,28H2,1-6H3;1H/t19-,23+;/m0./s1. The third kappa shape index (κ3) is 5.67. The Balaban J connectivity index is 0.00000385. The number of phenols is 1. The quantitative estimate of drug-likeness (QED) is 0.465. The zero-order valence-corrected chi connectivity index (χ0v) is 22.3. The average molecular weight is 517 g/mol. The first kappa shape index (κ1) is 27.1. The average Bonchev–Trinajstić information content (AvgIpc) is 3.02. The summed E-state index contributed by atoms with van der Waals surface area (Å²) in [6.07, 6.45) is 0. The van der Waals surface area contributed by atoms with Gasteiger partial charge in [0, 0.05) is 35.1 Å². The Morgan fingerprint density at radius 3 is 2.03 bits per heavy atom. The van der Waals surface area contributed by atoms with Gasteiger partial charge >= 0.3 is 0 Å². The lowest BCUT2D eigenvalue weighted by Crippen LogP contribution is -2.32. The zero-order valence-electron chi connectivity index (χ0n) is 20.6. The van der Waals surface area contributed by atoms with Crippen LogP contribution in [0.25, 0.3) is 0 Å². The van der Waals surface area contributed by atoms with Crippen molar-refractivity contribution in [3.05, 3.63) is 64.7 Å². The van der Waals surface area contributed by atoms with Crippen molar-refractivity contribution < 1.29 is 9.90 Å². The fourth-order valence-electron chi connectivity index (χ4n) is 4.56. The molecule has 1 aliphatic rings. The number of nitrogens with zero attached hydrogens (tertiary/aromatic N) is 1. The van der Waals surface area contributed by atoms with Crippen molar-refractivity contribution in [2.24, 2.45) is 11.7 Å². The number of phenolic OH excluding ortho intramolecular Hbond substituents is 1. The van der Waals surface area contributed by atoms with Gasteiger partial charge in [-0.05, 0) is 35.1 Å². The van der Waals surface area contributed by atoms with E-state index in [1.54, 1.807) is 0 Å². The van der Waals surface area contributed by atoms with Crippen LogP contribution in [-0.2, 0) is 10.8 Å². The van der Waals surface area contributed by atoms with Crippen LogP contribution < -0.4 is 5.73 Å². The lowest BCUT2D eigenvalue weighted by molar-refractivity contribution is 0.0963. The van der Waals surface area contributed by atoms with Crippen LogP contribution in [0.3, 0.4) is 0 Å². The molecule has 2 atom stereocenters. The molecule has 5 nitrogen and oxygen atoms in total. The van der Waals surface area contributed by atoms with Crippen molar-refractivity contribution in [3.63, 3.8) is 0 Å². The predicted molar refractivity (Wildman–Crippen MR) is 141 cm³/mol. The van der Waals surface area contributed by atoms with Gasteiger partial charge in [0.2, 0.25) is 0 Å². The second-order valence-electron chi connectivity index (χ2n) is 11.0. The number of carbonyl (C=O) groups is 1. The molecular formula is C27H38BrN3O2. The number of halogens is 1. The second kappa shape index (κ2) is 9.98. The van der Waals surface area contributed by atoms with Crippen LogP contribution in [0, 0.1) is 11.3 Å². The van der Waals surface area contributed by atoms with Crippen molar-refractivity contribution in [3.8, 4) is 5.75 Å². The Morgan fingerprint density at radius 1 is 1.06 bits per heavy atom. The highest BCUT2D eigenvalue weighted by molar-refractivity contribution is 8.93. The van der Waals surface area contributed by atoms with Gasteiger partial charge in [-0.15, -0.1) is 17.0 Å². The highest BCUT2D eigenvalue weighted by atomic mass is 79.9. The fourth-order valence-corrected chi connectivity index (χ4v) is 4.56. The van der Waals surface area contributed by atoms with E-state index in [1.807, 2.05) is 88.9 Å². The summed E-state index contributed by atoms with van der Waals surface area (Å²) in [5.41, 5.74) is 8.63. The van der Waals surface area contributed by atoms with Gasteiger partial charge in [-0.2, -0.15) is 0 Å². The minimum Gasteiger partial charge on any atom is -0.507 e. The molecule has 0 amide bonds. The molecule has 1 heterocycles. The van der Waals surface area contributed by atoms with Crippen LogP contribution in [0.2, 0.25) is 0 Å². The Labute approximate surface area is 208 Å². The molecule has 2 aromatic rings. The largest absolute Gasteiger partial charge is 0.507 e. The predicted octanol–water partition coefficient (Wildman–Crippen LogP) is 5.40. The van der Waals surface area contributed by atoms with Crippen LogP contribution in [0.5, 0.6) is 5.75 Å². The highest BCUT2D eigenvalue weighted by Crippen LogP contribution is 2.40. The van der Waals surface area contributed by atoms with Crippen LogP contribution in [0.1, 0.15) is 74.5 Å². The summed E-state index contributed by atoms with van der Waals surface area (Å²) < 4.78 is 0. The van der Waals surface area contributed by atoms with Gasteiger partial charge in [0.1, 0.15) is 11.6 Å². The number of benzene rings is 2. The summed E-state index contributed by atoms with van der Waals surface area (Å²) in [4.78, 5) is 15.3. The Hall–Kier alpha value is -2.18. The minimum absolute atomic E-state index is 0. The number of Topliss-reactive ketones (excluding diaryl/α,β-unsaturated/α-hetero) is 1. The number of ketones is 1. The van der Waals surface area contributed by atoms with Gasteiger partial charge in [-0.3, -0.25) is 10.2 Å². The van der Waals surface area contributed by atoms with E-state index in [1.165, 1.54) is 0 Å². The normalized spacial score (nSPS) is 18.9. The molecule has 3 rings (SSSR count). The summed E-state index contributed by atoms with van der Waals surface area (Å²) in [7, 11) is 0. The second-order valence-corrected chi connectivity index (χ2v) is 11.0. The Morgan fingerprint density at radius 2 is 1.58 bits per heavy atom. The number of nitrogens with one attached hydrogen (secondary N) is 1. The lowest BCUT2D eigenvalue weighted by atomic mass is 9.78. The smallest absolute Gasteiger partial charge is 0.182 e. The van der Waals surface area contributed by atoms with Gasteiger partial charge in [-0.1, -0.05) is 71.9 Å². The van der Waals surface area contributed by atoms with Crippen LogP contribution in [-0.4, -0.2) is 41.3 Å². The molecule has 0 radical (unpaired) electrons. The maximum Gasteiger partial charge on any atom is 0.182 e. The van der Waals surface area contributed by atoms with Crippen molar-refractivity contribution in [2.45, 2.75) is 58.3 Å². The van der Waals surface area contributed by atoms with E-state index in [2.05, 4.69) is 0 Å². The van der Waals surface area contributed by atoms with Gasteiger partial charge in [0.15, 0.2) is 5.78 Å². The molecule has 4 N–H and O–H groups in total. The van der Waals surface area contributed by atoms with E-state index in [4.69, 9.17) is 11.1 Å². The first-order valence-electron chi connectivity index (χ1n) is 11.3. The van der Waals surface area contributed by atoms with Crippen molar-refractivity contribution in [2.75, 3.05) is 19.6 Å². The molecule has 0 saturated carbocycles. The van der Waals surface area contributed by atoms with E-state index in [-0.39, 0.29) is 57.7 Å². The Bertz CT molecular complexity index is 971. The molecule has 1 aliphatic heterocycles. The third-order valence-electron chi connectivity index (χ3n) is 6.41. The van der Waals surface area contributed by atoms with Crippen LogP contribution in [0.15, 0.2) is 42.5 Å².